The zero-order valence-electron chi connectivity index (χ0n) is 19.7. The first-order valence-electron chi connectivity index (χ1n) is 10.7. The highest BCUT2D eigenvalue weighted by atomic mass is 16.3. The number of hydrogen-bond acceptors (Lipinski definition) is 5. The van der Waals surface area contributed by atoms with Crippen LogP contribution in [0.2, 0.25) is 0 Å². The van der Waals surface area contributed by atoms with Gasteiger partial charge in [0.25, 0.3) is 0 Å². The van der Waals surface area contributed by atoms with Gasteiger partial charge in [0.1, 0.15) is 23.0 Å². The molecule has 0 radical (unpaired) electrons. The molecule has 2 atom stereocenters. The Morgan fingerprint density at radius 2 is 1.13 bits per heavy atom. The average Bonchev–Trinajstić information content (AvgIpc) is 2.70. The van der Waals surface area contributed by atoms with Crippen molar-refractivity contribution < 1.29 is 13.6 Å². The molecule has 0 unspecified atom stereocenters. The van der Waals surface area contributed by atoms with Gasteiger partial charge in [0.2, 0.25) is 0 Å². The van der Waals surface area contributed by atoms with E-state index >= 15 is 0 Å². The van der Waals surface area contributed by atoms with Crippen molar-refractivity contribution >= 4 is 5.78 Å². The summed E-state index contributed by atoms with van der Waals surface area (Å²) in [6.07, 6.45) is 1.21. The number of carbonyl (C=O) groups excluding carboxylic acids is 1. The van der Waals surface area contributed by atoms with E-state index in [0.717, 1.165) is 0 Å². The fourth-order valence-electron chi connectivity index (χ4n) is 3.97. The zero-order chi connectivity index (χ0) is 22.9. The molecule has 0 aliphatic heterocycles. The molecule has 0 saturated heterocycles. The third kappa shape index (κ3) is 4.35. The number of ketones is 1. The first-order valence-corrected chi connectivity index (χ1v) is 10.7. The van der Waals surface area contributed by atoms with Crippen molar-refractivity contribution in [2.75, 3.05) is 0 Å². The van der Waals surface area contributed by atoms with Crippen LogP contribution in [-0.2, 0) is 17.6 Å². The van der Waals surface area contributed by atoms with Crippen molar-refractivity contribution in [3.05, 3.63) is 65.7 Å². The molecule has 0 spiro atoms. The summed E-state index contributed by atoms with van der Waals surface area (Å²) in [4.78, 5) is 38.7. The summed E-state index contributed by atoms with van der Waals surface area (Å²) in [5, 5.41) is 0. The second-order valence-electron chi connectivity index (χ2n) is 8.73. The first-order chi connectivity index (χ1) is 13.9. The second-order valence-corrected chi connectivity index (χ2v) is 8.73. The highest BCUT2D eigenvalue weighted by molar-refractivity contribution is 5.90. The Morgan fingerprint density at radius 1 is 0.733 bits per heavy atom. The fourth-order valence-corrected chi connectivity index (χ4v) is 3.97. The van der Waals surface area contributed by atoms with Gasteiger partial charge in [-0.2, -0.15) is 0 Å². The molecule has 0 bridgehead atoms. The molecule has 0 fully saturated rings. The van der Waals surface area contributed by atoms with Gasteiger partial charge in [0, 0.05) is 35.1 Å². The Bertz CT molecular complexity index is 1070. The molecule has 0 aliphatic rings. The molecule has 0 aliphatic carbocycles. The average molecular weight is 415 g/mol. The molecule has 0 aromatic carbocycles. The minimum atomic E-state index is -0.629. The van der Waals surface area contributed by atoms with Crippen molar-refractivity contribution in [3.8, 4) is 0 Å². The van der Waals surface area contributed by atoms with Crippen molar-refractivity contribution in [1.82, 2.24) is 0 Å². The summed E-state index contributed by atoms with van der Waals surface area (Å²) in [5.41, 5.74) is 1.95. The van der Waals surface area contributed by atoms with Crippen LogP contribution in [0.15, 0.2) is 18.4 Å². The van der Waals surface area contributed by atoms with Crippen LogP contribution < -0.4 is 10.9 Å². The van der Waals surface area contributed by atoms with Gasteiger partial charge < -0.3 is 8.83 Å². The molecule has 5 heteroatoms. The van der Waals surface area contributed by atoms with E-state index in [1.165, 1.54) is 0 Å². The Morgan fingerprint density at radius 3 is 1.53 bits per heavy atom. The SMILES string of the molecule is CCc1oc([C@@H](C)C(=O)[C@@H](C)c2oc(CC(C)C)c(C)c(=O)c2C)c(C)c(=O)c1C. The molecule has 0 N–H and O–H groups in total. The van der Waals surface area contributed by atoms with Crippen LogP contribution in [0.1, 0.15) is 91.7 Å². The predicted octanol–water partition coefficient (Wildman–Crippen LogP) is 5.06. The molecular formula is C25H34O5. The highest BCUT2D eigenvalue weighted by Crippen LogP contribution is 2.30. The summed E-state index contributed by atoms with van der Waals surface area (Å²) in [6, 6.07) is 0. The van der Waals surface area contributed by atoms with E-state index in [-0.39, 0.29) is 16.6 Å². The van der Waals surface area contributed by atoms with Crippen LogP contribution in [0, 0.1) is 33.6 Å². The third-order valence-electron chi connectivity index (χ3n) is 5.96. The molecule has 2 aromatic rings. The van der Waals surface area contributed by atoms with E-state index in [0.29, 0.717) is 64.1 Å². The number of aryl methyl sites for hydroxylation is 1. The lowest BCUT2D eigenvalue weighted by atomic mass is 9.87. The quantitative estimate of drug-likeness (QED) is 0.632. The van der Waals surface area contributed by atoms with E-state index in [9.17, 15) is 14.4 Å². The van der Waals surface area contributed by atoms with Gasteiger partial charge in [-0.15, -0.1) is 0 Å². The van der Waals surface area contributed by atoms with Gasteiger partial charge >= 0.3 is 0 Å². The Hall–Kier alpha value is -2.43. The van der Waals surface area contributed by atoms with Crippen molar-refractivity contribution in [3.63, 3.8) is 0 Å². The van der Waals surface area contributed by atoms with Crippen molar-refractivity contribution in [1.29, 1.82) is 0 Å². The normalized spacial score (nSPS) is 13.5. The topological polar surface area (TPSA) is 77.5 Å². The standard InChI is InChI=1S/C25H34O5/c1-10-19-13(4)21(26)15(6)24(29-19)17(8)23(28)18(9)25-16(7)22(27)14(5)20(30-25)11-12(2)3/h12,17-18H,10-11H2,1-9H3/t17-,18+/m0/s1. The molecule has 0 amide bonds. The summed E-state index contributed by atoms with van der Waals surface area (Å²) < 4.78 is 12.1. The molecule has 2 aromatic heterocycles. The van der Waals surface area contributed by atoms with E-state index in [1.54, 1.807) is 41.5 Å². The minimum Gasteiger partial charge on any atom is -0.465 e. The molecule has 2 rings (SSSR count). The maximum Gasteiger partial charge on any atom is 0.191 e. The summed E-state index contributed by atoms with van der Waals surface area (Å²) >= 11 is 0. The Labute approximate surface area is 178 Å². The lowest BCUT2D eigenvalue weighted by Crippen LogP contribution is -2.24. The van der Waals surface area contributed by atoms with Gasteiger partial charge in [-0.05, 0) is 47.5 Å². The van der Waals surface area contributed by atoms with Gasteiger partial charge in [-0.3, -0.25) is 14.4 Å². The first kappa shape index (κ1) is 23.8. The van der Waals surface area contributed by atoms with Gasteiger partial charge in [-0.25, -0.2) is 0 Å². The van der Waals surface area contributed by atoms with E-state index in [2.05, 4.69) is 13.8 Å². The maximum absolute atomic E-state index is 13.3. The highest BCUT2D eigenvalue weighted by Gasteiger charge is 2.31. The van der Waals surface area contributed by atoms with Crippen molar-refractivity contribution in [2.24, 2.45) is 5.92 Å². The number of carbonyl (C=O) groups is 1. The van der Waals surface area contributed by atoms with Crippen LogP contribution in [0.25, 0.3) is 0 Å². The molecule has 0 saturated carbocycles. The predicted molar refractivity (Wildman–Crippen MR) is 119 cm³/mol. The molecule has 2 heterocycles. The molecular weight excluding hydrogens is 380 g/mol. The van der Waals surface area contributed by atoms with E-state index in [4.69, 9.17) is 8.83 Å². The summed E-state index contributed by atoms with van der Waals surface area (Å²) in [7, 11) is 0. The Kier molecular flexibility index (Phi) is 7.27. The third-order valence-corrected chi connectivity index (χ3v) is 5.96. The fraction of sp³-hybridized carbons (Fsp3) is 0.560. The summed E-state index contributed by atoms with van der Waals surface area (Å²) in [5.74, 6) is 0.963. The minimum absolute atomic E-state index is 0.0782. The van der Waals surface area contributed by atoms with Gasteiger partial charge in [0.15, 0.2) is 16.6 Å². The number of hydrogen-bond donors (Lipinski definition) is 0. The van der Waals surface area contributed by atoms with Crippen LogP contribution in [0.4, 0.5) is 0 Å². The maximum atomic E-state index is 13.3. The zero-order valence-corrected chi connectivity index (χ0v) is 19.7. The van der Waals surface area contributed by atoms with Crippen molar-refractivity contribution in [2.45, 2.75) is 87.0 Å². The van der Waals surface area contributed by atoms with E-state index < -0.39 is 11.8 Å². The van der Waals surface area contributed by atoms with Crippen LogP contribution >= 0.6 is 0 Å². The van der Waals surface area contributed by atoms with Crippen LogP contribution in [0.3, 0.4) is 0 Å². The largest absolute Gasteiger partial charge is 0.465 e. The smallest absolute Gasteiger partial charge is 0.191 e. The monoisotopic (exact) mass is 414 g/mol. The number of rotatable bonds is 7. The lowest BCUT2D eigenvalue weighted by Gasteiger charge is -2.20. The summed E-state index contributed by atoms with van der Waals surface area (Å²) in [6.45, 7) is 16.4. The Balaban J connectivity index is 2.53. The lowest BCUT2D eigenvalue weighted by molar-refractivity contribution is -0.122. The van der Waals surface area contributed by atoms with Gasteiger partial charge in [0.05, 0.1) is 11.8 Å². The van der Waals surface area contributed by atoms with E-state index in [1.807, 2.05) is 6.92 Å². The van der Waals surface area contributed by atoms with Gasteiger partial charge in [-0.1, -0.05) is 20.8 Å². The second kappa shape index (κ2) is 9.15. The molecule has 30 heavy (non-hydrogen) atoms. The number of Topliss-reactive ketones (excluding diaryl/α,β-unsaturated/α-hetero) is 1. The molecule has 5 nitrogen and oxygen atoms in total. The van der Waals surface area contributed by atoms with Crippen LogP contribution in [-0.4, -0.2) is 5.78 Å². The van der Waals surface area contributed by atoms with Crippen LogP contribution in [0.5, 0.6) is 0 Å². The molecule has 164 valence electrons.